The molecule has 0 fully saturated rings. The van der Waals surface area contributed by atoms with Crippen LogP contribution >= 0.6 is 27.7 Å². The molecule has 0 bridgehead atoms. The fourth-order valence-corrected chi connectivity index (χ4v) is 4.45. The van der Waals surface area contributed by atoms with Crippen LogP contribution in [-0.4, -0.2) is 35.1 Å². The summed E-state index contributed by atoms with van der Waals surface area (Å²) in [6, 6.07) is 15.7. The lowest BCUT2D eigenvalue weighted by atomic mass is 10.1. The molecule has 0 spiro atoms. The number of halogens is 1. The van der Waals surface area contributed by atoms with Crippen molar-refractivity contribution >= 4 is 39.5 Å². The molecule has 0 aromatic heterocycles. The number of thioether (sulfide) groups is 1. The summed E-state index contributed by atoms with van der Waals surface area (Å²) >= 11 is 5.03. The molecule has 0 aliphatic rings. The van der Waals surface area contributed by atoms with Crippen LogP contribution in [0.4, 0.5) is 0 Å². The minimum atomic E-state index is -0.461. The summed E-state index contributed by atoms with van der Waals surface area (Å²) in [4.78, 5) is 27.9. The number of carbonyl (C=O) groups is 2. The highest BCUT2D eigenvalue weighted by molar-refractivity contribution is 9.10. The van der Waals surface area contributed by atoms with Crippen LogP contribution in [0, 0.1) is 6.92 Å². The molecular formula is C25H33BrN2O2S. The third-order valence-electron chi connectivity index (χ3n) is 5.22. The average Bonchev–Trinajstić information content (AvgIpc) is 2.76. The number of carbonyl (C=O) groups excluding carboxylic acids is 2. The molecule has 168 valence electrons. The van der Waals surface area contributed by atoms with Crippen molar-refractivity contribution in [1.82, 2.24) is 10.2 Å². The van der Waals surface area contributed by atoms with Gasteiger partial charge >= 0.3 is 0 Å². The van der Waals surface area contributed by atoms with Crippen LogP contribution in [0.2, 0.25) is 0 Å². The Bertz CT molecular complexity index is 842. The summed E-state index contributed by atoms with van der Waals surface area (Å²) in [7, 11) is 0. The summed E-state index contributed by atoms with van der Waals surface area (Å²) in [5, 5.41) is 3.01. The van der Waals surface area contributed by atoms with E-state index in [0.29, 0.717) is 25.3 Å². The van der Waals surface area contributed by atoms with Crippen molar-refractivity contribution in [1.29, 1.82) is 0 Å². The monoisotopic (exact) mass is 504 g/mol. The molecule has 0 saturated heterocycles. The van der Waals surface area contributed by atoms with Crippen molar-refractivity contribution in [3.05, 3.63) is 69.7 Å². The number of aryl methyl sites for hydroxylation is 1. The zero-order valence-electron chi connectivity index (χ0n) is 18.7. The summed E-state index contributed by atoms with van der Waals surface area (Å²) in [6.07, 6.45) is 2.56. The number of amides is 2. The fourth-order valence-electron chi connectivity index (χ4n) is 3.32. The van der Waals surface area contributed by atoms with Crippen LogP contribution in [0.5, 0.6) is 0 Å². The standard InChI is InChI=1S/C25H33BrN2O2S/c1-4-6-15-27-25(30)23(5-2)28(16-21-10-8-7-9-19(21)3)24(29)18-31-17-20-11-13-22(26)14-12-20/h7-14,23H,4-6,15-18H2,1-3H3,(H,27,30)/t23-/m0/s1. The highest BCUT2D eigenvalue weighted by Crippen LogP contribution is 2.20. The predicted octanol–water partition coefficient (Wildman–Crippen LogP) is 5.71. The van der Waals surface area contributed by atoms with Crippen molar-refractivity contribution in [3.8, 4) is 0 Å². The Morgan fingerprint density at radius 3 is 2.45 bits per heavy atom. The van der Waals surface area contributed by atoms with E-state index in [0.717, 1.165) is 34.2 Å². The van der Waals surface area contributed by atoms with Crippen molar-refractivity contribution < 1.29 is 9.59 Å². The summed E-state index contributed by atoms with van der Waals surface area (Å²) in [6.45, 7) is 7.21. The van der Waals surface area contributed by atoms with Crippen molar-refractivity contribution in [2.45, 2.75) is 58.4 Å². The Morgan fingerprint density at radius 1 is 1.10 bits per heavy atom. The second-order valence-electron chi connectivity index (χ2n) is 7.64. The first-order chi connectivity index (χ1) is 15.0. The van der Waals surface area contributed by atoms with Crippen LogP contribution in [0.3, 0.4) is 0 Å². The highest BCUT2D eigenvalue weighted by Gasteiger charge is 2.28. The fraction of sp³-hybridized carbons (Fsp3) is 0.440. The van der Waals surface area contributed by atoms with E-state index in [-0.39, 0.29) is 11.8 Å². The third-order valence-corrected chi connectivity index (χ3v) is 6.74. The molecule has 0 saturated carbocycles. The molecule has 0 heterocycles. The van der Waals surface area contributed by atoms with Gasteiger partial charge in [0.2, 0.25) is 11.8 Å². The largest absolute Gasteiger partial charge is 0.354 e. The third kappa shape index (κ3) is 8.34. The van der Waals surface area contributed by atoms with Gasteiger partial charge < -0.3 is 10.2 Å². The average molecular weight is 506 g/mol. The van der Waals surface area contributed by atoms with Gasteiger partial charge in [0.05, 0.1) is 5.75 Å². The molecule has 2 aromatic carbocycles. The minimum Gasteiger partial charge on any atom is -0.354 e. The van der Waals surface area contributed by atoms with Gasteiger partial charge in [-0.05, 0) is 48.6 Å². The maximum atomic E-state index is 13.3. The molecule has 1 atom stereocenters. The molecule has 0 unspecified atom stereocenters. The Kier molecular flexibility index (Phi) is 11.2. The van der Waals surface area contributed by atoms with E-state index >= 15 is 0 Å². The number of benzene rings is 2. The number of hydrogen-bond donors (Lipinski definition) is 1. The van der Waals surface area contributed by atoms with E-state index in [9.17, 15) is 9.59 Å². The van der Waals surface area contributed by atoms with Crippen molar-refractivity contribution in [3.63, 3.8) is 0 Å². The lowest BCUT2D eigenvalue weighted by Gasteiger charge is -2.31. The van der Waals surface area contributed by atoms with Crippen LogP contribution in [0.25, 0.3) is 0 Å². The molecule has 2 aromatic rings. The van der Waals surface area contributed by atoms with E-state index in [1.54, 1.807) is 16.7 Å². The molecular weight excluding hydrogens is 472 g/mol. The predicted molar refractivity (Wildman–Crippen MR) is 134 cm³/mol. The van der Waals surface area contributed by atoms with E-state index in [1.807, 2.05) is 50.2 Å². The van der Waals surface area contributed by atoms with Crippen LogP contribution in [0.1, 0.15) is 49.8 Å². The Hall–Kier alpha value is -1.79. The maximum Gasteiger partial charge on any atom is 0.242 e. The number of rotatable bonds is 12. The van der Waals surface area contributed by atoms with E-state index in [4.69, 9.17) is 0 Å². The van der Waals surface area contributed by atoms with Gasteiger partial charge in [-0.2, -0.15) is 0 Å². The number of nitrogens with zero attached hydrogens (tertiary/aromatic N) is 1. The zero-order chi connectivity index (χ0) is 22.6. The second-order valence-corrected chi connectivity index (χ2v) is 9.54. The molecule has 0 aliphatic carbocycles. The molecule has 4 nitrogen and oxygen atoms in total. The molecule has 31 heavy (non-hydrogen) atoms. The molecule has 2 amide bonds. The number of nitrogens with one attached hydrogen (secondary N) is 1. The lowest BCUT2D eigenvalue weighted by molar-refractivity contribution is -0.139. The first-order valence-electron chi connectivity index (χ1n) is 10.9. The first kappa shape index (κ1) is 25.5. The Balaban J connectivity index is 2.10. The Labute approximate surface area is 199 Å². The van der Waals surface area contributed by atoms with Gasteiger partial charge in [-0.15, -0.1) is 11.8 Å². The molecule has 0 radical (unpaired) electrons. The molecule has 2 rings (SSSR count). The quantitative estimate of drug-likeness (QED) is 0.376. The number of unbranched alkanes of at least 4 members (excludes halogenated alkanes) is 1. The van der Waals surface area contributed by atoms with E-state index in [2.05, 4.69) is 40.3 Å². The van der Waals surface area contributed by atoms with E-state index < -0.39 is 6.04 Å². The van der Waals surface area contributed by atoms with Gasteiger partial charge in [0.15, 0.2) is 0 Å². The summed E-state index contributed by atoms with van der Waals surface area (Å²) in [5.74, 6) is 1.05. The molecule has 0 aliphatic heterocycles. The SMILES string of the molecule is CCCCNC(=O)[C@H](CC)N(Cc1ccccc1C)C(=O)CSCc1ccc(Br)cc1. The minimum absolute atomic E-state index is 0.00264. The smallest absolute Gasteiger partial charge is 0.242 e. The lowest BCUT2D eigenvalue weighted by Crippen LogP contribution is -2.49. The van der Waals surface area contributed by atoms with Gasteiger partial charge in [0, 0.05) is 23.3 Å². The second kappa shape index (κ2) is 13.6. The first-order valence-corrected chi connectivity index (χ1v) is 12.8. The van der Waals surface area contributed by atoms with Crippen LogP contribution in [-0.2, 0) is 21.9 Å². The maximum absolute atomic E-state index is 13.3. The summed E-state index contributed by atoms with van der Waals surface area (Å²) < 4.78 is 1.04. The van der Waals surface area contributed by atoms with Crippen LogP contribution < -0.4 is 5.32 Å². The van der Waals surface area contributed by atoms with Gasteiger partial charge in [0.1, 0.15) is 6.04 Å². The number of hydrogen-bond acceptors (Lipinski definition) is 3. The Morgan fingerprint density at radius 2 is 1.81 bits per heavy atom. The van der Waals surface area contributed by atoms with Gasteiger partial charge in [-0.3, -0.25) is 9.59 Å². The van der Waals surface area contributed by atoms with Crippen molar-refractivity contribution in [2.75, 3.05) is 12.3 Å². The highest BCUT2D eigenvalue weighted by atomic mass is 79.9. The molecule has 1 N–H and O–H groups in total. The van der Waals surface area contributed by atoms with Crippen LogP contribution in [0.15, 0.2) is 53.0 Å². The van der Waals surface area contributed by atoms with Gasteiger partial charge in [0.25, 0.3) is 0 Å². The zero-order valence-corrected chi connectivity index (χ0v) is 21.1. The van der Waals surface area contributed by atoms with Gasteiger partial charge in [-0.25, -0.2) is 0 Å². The van der Waals surface area contributed by atoms with E-state index in [1.165, 1.54) is 5.56 Å². The molecule has 6 heteroatoms. The normalized spacial score (nSPS) is 11.7. The topological polar surface area (TPSA) is 49.4 Å². The van der Waals surface area contributed by atoms with Gasteiger partial charge in [-0.1, -0.05) is 72.6 Å². The summed E-state index contributed by atoms with van der Waals surface area (Å²) in [5.41, 5.74) is 3.38. The van der Waals surface area contributed by atoms with Crippen molar-refractivity contribution in [2.24, 2.45) is 0 Å².